The number of carbonyl (C=O) groups is 1. The first kappa shape index (κ1) is 17.9. The van der Waals surface area contributed by atoms with E-state index in [-0.39, 0.29) is 17.5 Å². The van der Waals surface area contributed by atoms with Crippen LogP contribution in [0.4, 0.5) is 10.5 Å². The summed E-state index contributed by atoms with van der Waals surface area (Å²) in [5.74, 6) is 1.19. The van der Waals surface area contributed by atoms with Crippen LogP contribution in [0.15, 0.2) is 35.2 Å². The van der Waals surface area contributed by atoms with E-state index in [1.165, 1.54) is 6.26 Å². The van der Waals surface area contributed by atoms with E-state index in [0.29, 0.717) is 23.7 Å². The number of hydrogen-bond acceptors (Lipinski definition) is 5. The second-order valence-electron chi connectivity index (χ2n) is 6.81. The van der Waals surface area contributed by atoms with E-state index in [1.54, 1.807) is 24.5 Å². The van der Waals surface area contributed by atoms with Crippen LogP contribution in [-0.4, -0.2) is 27.1 Å². The highest BCUT2D eigenvalue weighted by atomic mass is 16.4. The third kappa shape index (κ3) is 5.06. The maximum Gasteiger partial charge on any atom is 0.319 e. The highest BCUT2D eigenvalue weighted by molar-refractivity contribution is 5.89. The Hall–Kier alpha value is -2.41. The zero-order valence-electron chi connectivity index (χ0n) is 14.4. The Kier molecular flexibility index (Phi) is 5.56. The summed E-state index contributed by atoms with van der Waals surface area (Å²) in [6.07, 6.45) is 4.25. The van der Waals surface area contributed by atoms with Crippen molar-refractivity contribution in [2.75, 3.05) is 5.32 Å². The summed E-state index contributed by atoms with van der Waals surface area (Å²) >= 11 is 0. The number of nitrogens with one attached hydrogen (secondary N) is 2. The summed E-state index contributed by atoms with van der Waals surface area (Å²) < 4.78 is 5.14. The van der Waals surface area contributed by atoms with Gasteiger partial charge in [-0.05, 0) is 19.1 Å². The number of anilines is 1. The molecule has 0 aliphatic carbocycles. The number of aliphatic hydroxyl groups is 1. The van der Waals surface area contributed by atoms with Crippen molar-refractivity contribution in [3.63, 3.8) is 0 Å². The maximum atomic E-state index is 12.0. The molecule has 24 heavy (non-hydrogen) atoms. The van der Waals surface area contributed by atoms with E-state index in [0.717, 1.165) is 0 Å². The molecule has 2 amide bonds. The summed E-state index contributed by atoms with van der Waals surface area (Å²) in [5, 5.41) is 15.4. The number of furan rings is 1. The van der Waals surface area contributed by atoms with Crippen molar-refractivity contribution >= 4 is 11.7 Å². The molecule has 0 saturated carbocycles. The lowest BCUT2D eigenvalue weighted by molar-refractivity contribution is 0.130. The molecule has 2 rings (SSSR count). The number of aromatic nitrogens is 2. The monoisotopic (exact) mass is 332 g/mol. The van der Waals surface area contributed by atoms with Gasteiger partial charge in [-0.25, -0.2) is 14.8 Å². The van der Waals surface area contributed by atoms with Gasteiger partial charge in [0.1, 0.15) is 17.7 Å². The second kappa shape index (κ2) is 7.44. The zero-order chi connectivity index (χ0) is 17.7. The van der Waals surface area contributed by atoms with Gasteiger partial charge in [0.2, 0.25) is 0 Å². The van der Waals surface area contributed by atoms with Crippen LogP contribution in [0, 0.1) is 0 Å². The lowest BCUT2D eigenvalue weighted by atomic mass is 9.96. The van der Waals surface area contributed by atoms with E-state index < -0.39 is 6.10 Å². The molecule has 0 bridgehead atoms. The van der Waals surface area contributed by atoms with Gasteiger partial charge in [0.25, 0.3) is 0 Å². The molecule has 0 aromatic carbocycles. The van der Waals surface area contributed by atoms with Crippen LogP contribution < -0.4 is 10.6 Å². The molecule has 0 aliphatic heterocycles. The molecule has 3 N–H and O–H groups in total. The summed E-state index contributed by atoms with van der Waals surface area (Å²) in [6.45, 7) is 7.88. The van der Waals surface area contributed by atoms with Crippen LogP contribution >= 0.6 is 0 Å². The Morgan fingerprint density at radius 1 is 1.33 bits per heavy atom. The molecule has 130 valence electrons. The summed E-state index contributed by atoms with van der Waals surface area (Å²) in [5.41, 5.74) is 0.372. The smallest absolute Gasteiger partial charge is 0.319 e. The van der Waals surface area contributed by atoms with Crippen molar-refractivity contribution < 1.29 is 14.3 Å². The molecule has 2 aromatic heterocycles. The number of rotatable bonds is 5. The number of carbonyl (C=O) groups excluding carboxylic acids is 1. The van der Waals surface area contributed by atoms with Gasteiger partial charge in [0.15, 0.2) is 0 Å². The molecule has 7 heteroatoms. The Bertz CT molecular complexity index is 647. The molecular formula is C17H24N4O3. The van der Waals surface area contributed by atoms with E-state index in [9.17, 15) is 9.90 Å². The third-order valence-corrected chi connectivity index (χ3v) is 3.41. The van der Waals surface area contributed by atoms with Crippen LogP contribution in [0.5, 0.6) is 0 Å². The fourth-order valence-corrected chi connectivity index (χ4v) is 2.16. The van der Waals surface area contributed by atoms with E-state index >= 15 is 0 Å². The van der Waals surface area contributed by atoms with Gasteiger partial charge in [0.05, 0.1) is 24.3 Å². The van der Waals surface area contributed by atoms with E-state index in [2.05, 4.69) is 20.6 Å². The van der Waals surface area contributed by atoms with Gasteiger partial charge in [0, 0.05) is 17.9 Å². The predicted octanol–water partition coefficient (Wildman–Crippen LogP) is 3.00. The van der Waals surface area contributed by atoms with Gasteiger partial charge in [-0.3, -0.25) is 0 Å². The average molecular weight is 332 g/mol. The van der Waals surface area contributed by atoms with Gasteiger partial charge in [-0.2, -0.15) is 0 Å². The SMILES string of the molecule is C[C@H](C[C@H](O)c1ccco1)NC(=O)Nc1cnc(C(C)(C)C)nc1. The lowest BCUT2D eigenvalue weighted by Gasteiger charge is -2.18. The molecule has 2 heterocycles. The van der Waals surface area contributed by atoms with Gasteiger partial charge in [-0.1, -0.05) is 20.8 Å². The van der Waals surface area contributed by atoms with Crippen molar-refractivity contribution in [3.8, 4) is 0 Å². The van der Waals surface area contributed by atoms with Crippen molar-refractivity contribution in [1.29, 1.82) is 0 Å². The Morgan fingerprint density at radius 2 is 2.00 bits per heavy atom. The maximum absolute atomic E-state index is 12.0. The van der Waals surface area contributed by atoms with Crippen molar-refractivity contribution in [2.24, 2.45) is 0 Å². The van der Waals surface area contributed by atoms with Crippen molar-refractivity contribution in [1.82, 2.24) is 15.3 Å². The molecule has 2 atom stereocenters. The molecule has 0 spiro atoms. The fraction of sp³-hybridized carbons (Fsp3) is 0.471. The summed E-state index contributed by atoms with van der Waals surface area (Å²) in [7, 11) is 0. The second-order valence-corrected chi connectivity index (χ2v) is 6.81. The van der Waals surface area contributed by atoms with Crippen LogP contribution in [0.2, 0.25) is 0 Å². The first-order valence-corrected chi connectivity index (χ1v) is 7.87. The van der Waals surface area contributed by atoms with Crippen molar-refractivity contribution in [3.05, 3.63) is 42.4 Å². The molecule has 0 saturated heterocycles. The third-order valence-electron chi connectivity index (χ3n) is 3.41. The topological polar surface area (TPSA) is 100 Å². The lowest BCUT2D eigenvalue weighted by Crippen LogP contribution is -2.37. The van der Waals surface area contributed by atoms with Gasteiger partial charge < -0.3 is 20.2 Å². The standard InChI is InChI=1S/C17H24N4O3/c1-11(8-13(22)14-6-5-7-24-14)20-16(23)21-12-9-18-15(19-10-12)17(2,3)4/h5-7,9-11,13,22H,8H2,1-4H3,(H2,20,21,23)/t11-,13+/m1/s1. The molecule has 0 unspecified atom stereocenters. The highest BCUT2D eigenvalue weighted by Crippen LogP contribution is 2.19. The molecule has 0 aliphatic rings. The molecule has 0 fully saturated rings. The van der Waals surface area contributed by atoms with E-state index in [4.69, 9.17) is 4.42 Å². The first-order chi connectivity index (χ1) is 11.3. The largest absolute Gasteiger partial charge is 0.467 e. The normalized spacial score (nSPS) is 14.0. The van der Waals surface area contributed by atoms with Gasteiger partial charge >= 0.3 is 6.03 Å². The van der Waals surface area contributed by atoms with Crippen LogP contribution in [0.3, 0.4) is 0 Å². The Labute approximate surface area is 141 Å². The molecule has 7 nitrogen and oxygen atoms in total. The van der Waals surface area contributed by atoms with Crippen LogP contribution in [0.25, 0.3) is 0 Å². The minimum Gasteiger partial charge on any atom is -0.467 e. The molecule has 0 radical (unpaired) electrons. The molecular weight excluding hydrogens is 308 g/mol. The summed E-state index contributed by atoms with van der Waals surface area (Å²) in [4.78, 5) is 20.5. The number of amides is 2. The van der Waals surface area contributed by atoms with Crippen LogP contribution in [-0.2, 0) is 5.41 Å². The van der Waals surface area contributed by atoms with Gasteiger partial charge in [-0.15, -0.1) is 0 Å². The van der Waals surface area contributed by atoms with E-state index in [1.807, 2.05) is 27.7 Å². The van der Waals surface area contributed by atoms with Crippen LogP contribution in [0.1, 0.15) is 51.8 Å². The zero-order valence-corrected chi connectivity index (χ0v) is 14.4. The highest BCUT2D eigenvalue weighted by Gasteiger charge is 2.18. The minimum atomic E-state index is -0.760. The average Bonchev–Trinajstić information content (AvgIpc) is 3.00. The number of urea groups is 1. The quantitative estimate of drug-likeness (QED) is 0.781. The summed E-state index contributed by atoms with van der Waals surface area (Å²) in [6, 6.07) is 2.80. The van der Waals surface area contributed by atoms with Crippen molar-refractivity contribution in [2.45, 2.75) is 51.7 Å². The fourth-order valence-electron chi connectivity index (χ4n) is 2.16. The predicted molar refractivity (Wildman–Crippen MR) is 90.6 cm³/mol. The first-order valence-electron chi connectivity index (χ1n) is 7.87. The number of hydrogen-bond donors (Lipinski definition) is 3. The number of nitrogens with zero attached hydrogens (tertiary/aromatic N) is 2. The molecule has 2 aromatic rings. The number of aliphatic hydroxyl groups excluding tert-OH is 1. The Balaban J connectivity index is 1.84. The Morgan fingerprint density at radius 3 is 2.54 bits per heavy atom. The minimum absolute atomic E-state index is 0.142.